The number of rotatable bonds is 2. The fourth-order valence-corrected chi connectivity index (χ4v) is 1.22. The quantitative estimate of drug-likeness (QED) is 0.677. The van der Waals surface area contributed by atoms with Crippen molar-refractivity contribution in [3.63, 3.8) is 0 Å². The van der Waals surface area contributed by atoms with E-state index in [-0.39, 0.29) is 10.7 Å². The zero-order valence-corrected chi connectivity index (χ0v) is 7.67. The molecule has 66 valence electrons. The number of hydrogen-bond donors (Lipinski definition) is 1. The Labute approximate surface area is 76.0 Å². The Morgan fingerprint density at radius 2 is 1.92 bits per heavy atom. The molecule has 1 aromatic rings. The second kappa shape index (κ2) is 3.90. The molecule has 0 spiro atoms. The van der Waals surface area contributed by atoms with E-state index in [1.165, 1.54) is 6.07 Å². The minimum atomic E-state index is -0.455. The molecule has 0 saturated carbocycles. The van der Waals surface area contributed by atoms with Crippen LogP contribution >= 0.6 is 12.6 Å². The largest absolute Gasteiger partial charge is 0.207 e. The predicted molar refractivity (Wildman–Crippen MR) is 47.6 cm³/mol. The molecule has 12 heavy (non-hydrogen) atoms. The minimum absolute atomic E-state index is 0.0624. The van der Waals surface area contributed by atoms with E-state index in [0.717, 1.165) is 12.5 Å². The lowest BCUT2D eigenvalue weighted by Gasteiger charge is -2.02. The van der Waals surface area contributed by atoms with Crippen molar-refractivity contribution in [2.24, 2.45) is 0 Å². The van der Waals surface area contributed by atoms with Crippen molar-refractivity contribution in [2.75, 3.05) is 0 Å². The first-order valence-electron chi connectivity index (χ1n) is 3.82. The van der Waals surface area contributed by atoms with E-state index in [0.29, 0.717) is 12.0 Å². The van der Waals surface area contributed by atoms with Crippen molar-refractivity contribution in [1.82, 2.24) is 0 Å². The van der Waals surface area contributed by atoms with Gasteiger partial charge in [-0.2, -0.15) is 0 Å². The van der Waals surface area contributed by atoms with Crippen LogP contribution in [0.25, 0.3) is 0 Å². The van der Waals surface area contributed by atoms with Crippen LogP contribution in [0.2, 0.25) is 0 Å². The number of halogens is 2. The lowest BCUT2D eigenvalue weighted by molar-refractivity contribution is 0.564. The molecule has 0 nitrogen and oxygen atoms in total. The molecule has 0 atom stereocenters. The highest BCUT2D eigenvalue weighted by Crippen LogP contribution is 2.18. The van der Waals surface area contributed by atoms with Crippen LogP contribution in [0.3, 0.4) is 0 Å². The molecule has 0 aliphatic carbocycles. The number of thiol groups is 1. The molecule has 0 bridgehead atoms. The average Bonchev–Trinajstić information content (AvgIpc) is 2.01. The van der Waals surface area contributed by atoms with E-state index < -0.39 is 5.82 Å². The van der Waals surface area contributed by atoms with Gasteiger partial charge in [0.2, 0.25) is 0 Å². The predicted octanol–water partition coefficient (Wildman–Crippen LogP) is 3.21. The van der Waals surface area contributed by atoms with Crippen LogP contribution in [0.4, 0.5) is 8.78 Å². The van der Waals surface area contributed by atoms with Crippen molar-refractivity contribution >= 4 is 12.6 Å². The fourth-order valence-electron chi connectivity index (χ4n) is 1.04. The maximum absolute atomic E-state index is 13.0. The van der Waals surface area contributed by atoms with Crippen LogP contribution in [-0.4, -0.2) is 0 Å². The summed E-state index contributed by atoms with van der Waals surface area (Å²) in [4.78, 5) is 0.0624. The minimum Gasteiger partial charge on any atom is -0.207 e. The van der Waals surface area contributed by atoms with Gasteiger partial charge in [-0.25, -0.2) is 8.78 Å². The first-order chi connectivity index (χ1) is 5.65. The molecule has 1 aromatic carbocycles. The van der Waals surface area contributed by atoms with Crippen LogP contribution in [-0.2, 0) is 6.42 Å². The van der Waals surface area contributed by atoms with Crippen LogP contribution < -0.4 is 0 Å². The monoisotopic (exact) mass is 188 g/mol. The van der Waals surface area contributed by atoms with Gasteiger partial charge in [-0.1, -0.05) is 13.3 Å². The summed E-state index contributed by atoms with van der Waals surface area (Å²) in [5.41, 5.74) is 0.424. The number of benzene rings is 1. The van der Waals surface area contributed by atoms with E-state index in [1.807, 2.05) is 6.92 Å². The van der Waals surface area contributed by atoms with E-state index in [1.54, 1.807) is 0 Å². The van der Waals surface area contributed by atoms with Crippen molar-refractivity contribution in [3.8, 4) is 0 Å². The molecule has 0 radical (unpaired) electrons. The third-order valence-electron chi connectivity index (χ3n) is 1.64. The highest BCUT2D eigenvalue weighted by Gasteiger charge is 2.06. The lowest BCUT2D eigenvalue weighted by Crippen LogP contribution is -1.92. The molecule has 0 amide bonds. The van der Waals surface area contributed by atoms with Crippen molar-refractivity contribution in [2.45, 2.75) is 24.7 Å². The molecule has 0 aromatic heterocycles. The summed E-state index contributed by atoms with van der Waals surface area (Å²) in [5, 5.41) is 0. The third kappa shape index (κ3) is 1.97. The summed E-state index contributed by atoms with van der Waals surface area (Å²) in [6.45, 7) is 1.92. The Bertz CT molecular complexity index is 284. The number of aryl methyl sites for hydroxylation is 1. The van der Waals surface area contributed by atoms with Gasteiger partial charge >= 0.3 is 0 Å². The van der Waals surface area contributed by atoms with Gasteiger partial charge in [-0.3, -0.25) is 0 Å². The molecule has 0 aliphatic heterocycles. The Balaban J connectivity index is 3.05. The van der Waals surface area contributed by atoms with Crippen molar-refractivity contribution < 1.29 is 8.78 Å². The summed E-state index contributed by atoms with van der Waals surface area (Å²) in [5.74, 6) is -0.827. The molecular formula is C9H10F2S. The molecule has 0 N–H and O–H groups in total. The SMILES string of the molecule is CCCc1cc(F)c(S)cc1F. The normalized spacial score (nSPS) is 10.3. The molecule has 0 aliphatic rings. The molecule has 0 heterocycles. The van der Waals surface area contributed by atoms with Gasteiger partial charge < -0.3 is 0 Å². The van der Waals surface area contributed by atoms with Crippen LogP contribution in [0.1, 0.15) is 18.9 Å². The van der Waals surface area contributed by atoms with Gasteiger partial charge in [0, 0.05) is 4.90 Å². The summed E-state index contributed by atoms with van der Waals surface area (Å²) in [7, 11) is 0. The zero-order chi connectivity index (χ0) is 9.14. The van der Waals surface area contributed by atoms with E-state index in [2.05, 4.69) is 12.6 Å². The van der Waals surface area contributed by atoms with E-state index in [9.17, 15) is 8.78 Å². The molecule has 3 heteroatoms. The van der Waals surface area contributed by atoms with Gasteiger partial charge in [-0.15, -0.1) is 12.6 Å². The first-order valence-corrected chi connectivity index (χ1v) is 4.26. The van der Waals surface area contributed by atoms with Gasteiger partial charge in [0.1, 0.15) is 11.6 Å². The Morgan fingerprint density at radius 1 is 1.25 bits per heavy atom. The van der Waals surface area contributed by atoms with Gasteiger partial charge in [0.25, 0.3) is 0 Å². The topological polar surface area (TPSA) is 0 Å². The second-order valence-corrected chi connectivity index (χ2v) is 3.13. The van der Waals surface area contributed by atoms with Gasteiger partial charge in [-0.05, 0) is 24.1 Å². The maximum Gasteiger partial charge on any atom is 0.136 e. The van der Waals surface area contributed by atoms with E-state index >= 15 is 0 Å². The highest BCUT2D eigenvalue weighted by molar-refractivity contribution is 7.80. The summed E-state index contributed by atoms with van der Waals surface area (Å²) in [6.07, 6.45) is 1.37. The zero-order valence-electron chi connectivity index (χ0n) is 6.77. The molecule has 0 saturated heterocycles. The summed E-state index contributed by atoms with van der Waals surface area (Å²) >= 11 is 3.77. The Morgan fingerprint density at radius 3 is 2.50 bits per heavy atom. The molecule has 0 fully saturated rings. The molecule has 1 rings (SSSR count). The maximum atomic E-state index is 13.0. The van der Waals surface area contributed by atoms with Gasteiger partial charge in [0.15, 0.2) is 0 Å². The van der Waals surface area contributed by atoms with Crippen LogP contribution in [0.15, 0.2) is 17.0 Å². The molecule has 0 unspecified atom stereocenters. The van der Waals surface area contributed by atoms with Crippen molar-refractivity contribution in [3.05, 3.63) is 29.3 Å². The first kappa shape index (κ1) is 9.52. The third-order valence-corrected chi connectivity index (χ3v) is 1.98. The lowest BCUT2D eigenvalue weighted by atomic mass is 10.1. The Kier molecular flexibility index (Phi) is 3.09. The second-order valence-electron chi connectivity index (χ2n) is 2.65. The smallest absolute Gasteiger partial charge is 0.136 e. The molecular weight excluding hydrogens is 178 g/mol. The summed E-state index contributed by atoms with van der Waals surface area (Å²) < 4.78 is 25.8. The van der Waals surface area contributed by atoms with Crippen molar-refractivity contribution in [1.29, 1.82) is 0 Å². The van der Waals surface area contributed by atoms with E-state index in [4.69, 9.17) is 0 Å². The van der Waals surface area contributed by atoms with Crippen LogP contribution in [0, 0.1) is 11.6 Å². The Hall–Kier alpha value is -0.570. The average molecular weight is 188 g/mol. The number of hydrogen-bond acceptors (Lipinski definition) is 1. The highest BCUT2D eigenvalue weighted by atomic mass is 32.1. The van der Waals surface area contributed by atoms with Crippen LogP contribution in [0.5, 0.6) is 0 Å². The van der Waals surface area contributed by atoms with Gasteiger partial charge in [0.05, 0.1) is 0 Å². The standard InChI is InChI=1S/C9H10F2S/c1-2-3-6-4-8(11)9(12)5-7(6)10/h4-5,12H,2-3H2,1H3. The fraction of sp³-hybridized carbons (Fsp3) is 0.333. The summed E-state index contributed by atoms with van der Waals surface area (Å²) in [6, 6.07) is 2.32.